The topological polar surface area (TPSA) is 0 Å². The molecule has 0 aliphatic carbocycles. The van der Waals surface area contributed by atoms with Crippen molar-refractivity contribution in [3.63, 3.8) is 0 Å². The fraction of sp³-hybridized carbons (Fsp3) is 0.400. The molecule has 0 amide bonds. The summed E-state index contributed by atoms with van der Waals surface area (Å²) in [5.74, 6) is 2.07. The lowest BCUT2D eigenvalue weighted by atomic mass is 10.0. The Bertz CT molecular complexity index is 788. The van der Waals surface area contributed by atoms with Crippen LogP contribution in [0.4, 0.5) is 0 Å². The number of hydrogen-bond acceptors (Lipinski definition) is 0. The molecular weight excluding hydrogens is 391 g/mol. The van der Waals surface area contributed by atoms with Crippen molar-refractivity contribution in [3.8, 4) is 0 Å². The maximum absolute atomic E-state index is 2.37. The highest BCUT2D eigenvalue weighted by Gasteiger charge is 2.17. The summed E-state index contributed by atoms with van der Waals surface area (Å²) in [6.07, 6.45) is 3.43. The van der Waals surface area contributed by atoms with Gasteiger partial charge < -0.3 is 0 Å². The molecule has 0 heterocycles. The summed E-state index contributed by atoms with van der Waals surface area (Å²) < 4.78 is 0. The standard InChI is InChI=1S/C30H39P/c1-22(2)19-25-7-13-28(14-8-25)31(29-15-9-26(10-16-29)20-23(3)4)30-17-11-27(12-18-30)21-24(5)6/h7-18,22-24H,19-21H2,1-6H3. The first kappa shape index (κ1) is 23.7. The molecule has 0 unspecified atom stereocenters. The van der Waals surface area contributed by atoms with E-state index in [0.29, 0.717) is 17.8 Å². The molecule has 3 aromatic rings. The van der Waals surface area contributed by atoms with Crippen LogP contribution in [0.25, 0.3) is 0 Å². The van der Waals surface area contributed by atoms with Gasteiger partial charge in [0.15, 0.2) is 0 Å². The van der Waals surface area contributed by atoms with E-state index < -0.39 is 7.92 Å². The van der Waals surface area contributed by atoms with Crippen LogP contribution in [0.15, 0.2) is 72.8 Å². The molecule has 31 heavy (non-hydrogen) atoms. The second kappa shape index (κ2) is 11.1. The zero-order valence-corrected chi connectivity index (χ0v) is 21.1. The number of rotatable bonds is 9. The van der Waals surface area contributed by atoms with Gasteiger partial charge in [-0.05, 0) is 77.5 Å². The maximum atomic E-state index is 2.37. The quantitative estimate of drug-likeness (QED) is 0.319. The first-order valence-corrected chi connectivity index (χ1v) is 13.2. The molecular formula is C30H39P. The molecule has 0 saturated carbocycles. The highest BCUT2D eigenvalue weighted by atomic mass is 31.1. The van der Waals surface area contributed by atoms with Gasteiger partial charge in [-0.1, -0.05) is 114 Å². The maximum Gasteiger partial charge on any atom is -0.0134 e. The second-order valence-corrected chi connectivity index (χ2v) is 12.3. The van der Waals surface area contributed by atoms with Crippen molar-refractivity contribution in [2.75, 3.05) is 0 Å². The normalized spacial score (nSPS) is 11.8. The van der Waals surface area contributed by atoms with Crippen LogP contribution in [0, 0.1) is 17.8 Å². The van der Waals surface area contributed by atoms with Gasteiger partial charge in [-0.25, -0.2) is 0 Å². The minimum Gasteiger partial charge on any atom is -0.0625 e. The molecule has 0 nitrogen and oxygen atoms in total. The lowest BCUT2D eigenvalue weighted by molar-refractivity contribution is 0.647. The summed E-state index contributed by atoms with van der Waals surface area (Å²) in [4.78, 5) is 0. The summed E-state index contributed by atoms with van der Waals surface area (Å²) in [5.41, 5.74) is 4.31. The number of hydrogen-bond donors (Lipinski definition) is 0. The molecule has 0 N–H and O–H groups in total. The smallest absolute Gasteiger partial charge is 0.0134 e. The van der Waals surface area contributed by atoms with Crippen LogP contribution in [0.5, 0.6) is 0 Å². The zero-order chi connectivity index (χ0) is 22.4. The predicted molar refractivity (Wildman–Crippen MR) is 141 cm³/mol. The van der Waals surface area contributed by atoms with Crippen molar-refractivity contribution < 1.29 is 0 Å². The highest BCUT2D eigenvalue weighted by Crippen LogP contribution is 2.33. The van der Waals surface area contributed by atoms with Gasteiger partial charge in [0.05, 0.1) is 0 Å². The van der Waals surface area contributed by atoms with Crippen LogP contribution in [-0.2, 0) is 19.3 Å². The molecule has 0 aliphatic rings. The molecule has 0 aromatic heterocycles. The minimum absolute atomic E-state index is 0.544. The fourth-order valence-corrected chi connectivity index (χ4v) is 6.44. The Morgan fingerprint density at radius 2 is 0.645 bits per heavy atom. The average Bonchev–Trinajstić information content (AvgIpc) is 2.71. The SMILES string of the molecule is CC(C)Cc1ccc(P(c2ccc(CC(C)C)cc2)c2ccc(CC(C)C)cc2)cc1. The molecule has 0 fully saturated rings. The highest BCUT2D eigenvalue weighted by molar-refractivity contribution is 7.79. The summed E-state index contributed by atoms with van der Waals surface area (Å²) in [6.45, 7) is 13.7. The van der Waals surface area contributed by atoms with Crippen molar-refractivity contribution in [3.05, 3.63) is 89.5 Å². The first-order valence-electron chi connectivity index (χ1n) is 11.9. The third-order valence-corrected chi connectivity index (χ3v) is 7.96. The second-order valence-electron chi connectivity index (χ2n) is 10.1. The molecule has 0 aliphatic heterocycles. The van der Waals surface area contributed by atoms with E-state index in [1.165, 1.54) is 32.6 Å². The van der Waals surface area contributed by atoms with Gasteiger partial charge in [-0.15, -0.1) is 0 Å². The Hall–Kier alpha value is -1.91. The van der Waals surface area contributed by atoms with Gasteiger partial charge in [0.1, 0.15) is 0 Å². The summed E-state index contributed by atoms with van der Waals surface area (Å²) >= 11 is 0. The molecule has 0 spiro atoms. The van der Waals surface area contributed by atoms with Gasteiger partial charge in [0.2, 0.25) is 0 Å². The zero-order valence-electron chi connectivity index (χ0n) is 20.2. The van der Waals surface area contributed by atoms with Gasteiger partial charge in [-0.3, -0.25) is 0 Å². The van der Waals surface area contributed by atoms with Crippen molar-refractivity contribution in [2.24, 2.45) is 17.8 Å². The van der Waals surface area contributed by atoms with E-state index in [4.69, 9.17) is 0 Å². The van der Waals surface area contributed by atoms with Crippen LogP contribution >= 0.6 is 7.92 Å². The van der Waals surface area contributed by atoms with E-state index in [0.717, 1.165) is 19.3 Å². The van der Waals surface area contributed by atoms with Crippen molar-refractivity contribution in [2.45, 2.75) is 60.8 Å². The van der Waals surface area contributed by atoms with Crippen LogP contribution in [0.3, 0.4) is 0 Å². The first-order chi connectivity index (χ1) is 14.8. The van der Waals surface area contributed by atoms with E-state index in [1.807, 2.05) is 0 Å². The molecule has 0 saturated heterocycles. The van der Waals surface area contributed by atoms with E-state index in [1.54, 1.807) is 0 Å². The van der Waals surface area contributed by atoms with Crippen LogP contribution in [-0.4, -0.2) is 0 Å². The minimum atomic E-state index is -0.544. The lowest BCUT2D eigenvalue weighted by Crippen LogP contribution is -2.21. The largest absolute Gasteiger partial charge is 0.0625 e. The number of benzene rings is 3. The summed E-state index contributed by atoms with van der Waals surface area (Å²) in [6, 6.07) is 28.2. The molecule has 0 bridgehead atoms. The van der Waals surface area contributed by atoms with E-state index in [2.05, 4.69) is 114 Å². The lowest BCUT2D eigenvalue weighted by Gasteiger charge is -2.21. The Morgan fingerprint density at radius 1 is 0.419 bits per heavy atom. The van der Waals surface area contributed by atoms with E-state index in [-0.39, 0.29) is 0 Å². The average molecular weight is 431 g/mol. The van der Waals surface area contributed by atoms with Crippen molar-refractivity contribution in [1.29, 1.82) is 0 Å². The van der Waals surface area contributed by atoms with E-state index >= 15 is 0 Å². The summed E-state index contributed by atoms with van der Waals surface area (Å²) in [5, 5.41) is 4.32. The Balaban J connectivity index is 1.95. The van der Waals surface area contributed by atoms with Crippen LogP contribution in [0.1, 0.15) is 58.2 Å². The van der Waals surface area contributed by atoms with Gasteiger partial charge in [-0.2, -0.15) is 0 Å². The third-order valence-electron chi connectivity index (χ3n) is 5.52. The summed E-state index contributed by atoms with van der Waals surface area (Å²) in [7, 11) is -0.544. The molecule has 164 valence electrons. The fourth-order valence-electron chi connectivity index (χ4n) is 4.20. The third kappa shape index (κ3) is 7.05. The molecule has 1 heteroatoms. The monoisotopic (exact) mass is 430 g/mol. The van der Waals surface area contributed by atoms with Gasteiger partial charge in [0.25, 0.3) is 0 Å². The molecule has 0 radical (unpaired) electrons. The van der Waals surface area contributed by atoms with Gasteiger partial charge >= 0.3 is 0 Å². The Kier molecular flexibility index (Phi) is 8.50. The predicted octanol–water partition coefficient (Wildman–Crippen LogP) is 7.04. The van der Waals surface area contributed by atoms with Crippen molar-refractivity contribution in [1.82, 2.24) is 0 Å². The van der Waals surface area contributed by atoms with Crippen molar-refractivity contribution >= 4 is 23.8 Å². The molecule has 0 atom stereocenters. The molecule has 3 rings (SSSR count). The van der Waals surface area contributed by atoms with Crippen LogP contribution in [0.2, 0.25) is 0 Å². The van der Waals surface area contributed by atoms with Gasteiger partial charge in [0, 0.05) is 0 Å². The van der Waals surface area contributed by atoms with Crippen LogP contribution < -0.4 is 15.9 Å². The Morgan fingerprint density at radius 3 is 0.839 bits per heavy atom. The van der Waals surface area contributed by atoms with E-state index in [9.17, 15) is 0 Å². The molecule has 3 aromatic carbocycles. The Labute approximate surface area is 191 Å².